The van der Waals surface area contributed by atoms with E-state index in [1.54, 1.807) is 42.5 Å². The number of thiazole rings is 1. The maximum absolute atomic E-state index is 13.8. The van der Waals surface area contributed by atoms with Gasteiger partial charge in [-0.25, -0.2) is 4.98 Å². The van der Waals surface area contributed by atoms with Crippen molar-refractivity contribution >= 4 is 57.7 Å². The summed E-state index contributed by atoms with van der Waals surface area (Å²) in [5, 5.41) is 8.70. The molecule has 0 saturated heterocycles. The zero-order chi connectivity index (χ0) is 34.9. The molecule has 0 radical (unpaired) electrons. The van der Waals surface area contributed by atoms with Crippen LogP contribution in [-0.4, -0.2) is 22.7 Å². The molecule has 1 heterocycles. The molecule has 0 aliphatic carbocycles. The van der Waals surface area contributed by atoms with Crippen LogP contribution in [0.5, 0.6) is 0 Å². The van der Waals surface area contributed by atoms with Crippen LogP contribution < -0.4 is 16.0 Å². The third kappa shape index (κ3) is 8.82. The number of aromatic nitrogens is 1. The van der Waals surface area contributed by atoms with Crippen molar-refractivity contribution in [3.8, 4) is 11.3 Å². The van der Waals surface area contributed by atoms with Crippen molar-refractivity contribution < 1.29 is 14.4 Å². The van der Waals surface area contributed by atoms with E-state index in [2.05, 4.69) is 16.0 Å². The quantitative estimate of drug-likeness (QED) is 0.0928. The summed E-state index contributed by atoms with van der Waals surface area (Å²) in [5.41, 5.74) is 5.64. The summed E-state index contributed by atoms with van der Waals surface area (Å²) in [6.45, 7) is 3.98. The molecule has 0 spiro atoms. The number of nitrogens with zero attached hydrogens (tertiary/aromatic N) is 1. The lowest BCUT2D eigenvalue weighted by Crippen LogP contribution is -2.30. The topological polar surface area (TPSA) is 100 Å². The molecular weight excluding hydrogens is 661 g/mol. The molecule has 1 aromatic heterocycles. The highest BCUT2D eigenvalue weighted by Crippen LogP contribution is 2.38. The second kappa shape index (κ2) is 16.1. The number of benzene rings is 5. The average molecular weight is 695 g/mol. The Morgan fingerprint density at radius 2 is 1.34 bits per heavy atom. The third-order valence-corrected chi connectivity index (χ3v) is 9.85. The Morgan fingerprint density at radius 1 is 0.720 bits per heavy atom. The number of anilines is 2. The zero-order valence-electron chi connectivity index (χ0n) is 27.4. The van der Waals surface area contributed by atoms with Crippen LogP contribution in [0.25, 0.3) is 17.3 Å². The lowest BCUT2D eigenvalue weighted by Gasteiger charge is -2.17. The van der Waals surface area contributed by atoms with E-state index >= 15 is 0 Å². The number of thioether (sulfide) groups is 1. The molecule has 6 rings (SSSR count). The SMILES string of the molecule is Cc1ccc(/C=C(\NC(=O)c2ccccc2)C(=O)Nc2ccc(SC(C(=O)Nc3nc(-c4ccccc4)c(C)s3)c3ccccc3)cc2)cc1. The standard InChI is InChI=1S/C41H34N4O3S2/c1-27-18-20-29(21-19-27)26-35(43-38(46)32-16-10-5-11-17-32)39(47)42-33-22-24-34(25-23-33)50-37(31-14-8-4-9-15-31)40(48)45-41-44-36(28(2)49-41)30-12-6-3-7-13-30/h3-26,37H,1-2H3,(H,42,47)(H,43,46)(H,44,45,48)/b35-26-. The summed E-state index contributed by atoms with van der Waals surface area (Å²) in [4.78, 5) is 46.9. The minimum atomic E-state index is -0.557. The van der Waals surface area contributed by atoms with Gasteiger partial charge in [-0.05, 0) is 67.4 Å². The summed E-state index contributed by atoms with van der Waals surface area (Å²) < 4.78 is 0. The Kier molecular flexibility index (Phi) is 11.0. The van der Waals surface area contributed by atoms with Gasteiger partial charge in [0.05, 0.1) is 5.69 Å². The molecule has 9 heteroatoms. The number of hydrogen-bond acceptors (Lipinski definition) is 6. The molecule has 0 bridgehead atoms. The van der Waals surface area contributed by atoms with Gasteiger partial charge in [0.1, 0.15) is 10.9 Å². The minimum absolute atomic E-state index is 0.106. The molecule has 7 nitrogen and oxygen atoms in total. The highest BCUT2D eigenvalue weighted by Gasteiger charge is 2.24. The van der Waals surface area contributed by atoms with Gasteiger partial charge in [0, 0.05) is 26.6 Å². The van der Waals surface area contributed by atoms with Crippen molar-refractivity contribution in [1.82, 2.24) is 10.3 Å². The molecule has 0 fully saturated rings. The van der Waals surface area contributed by atoms with Crippen molar-refractivity contribution in [2.75, 3.05) is 10.6 Å². The van der Waals surface area contributed by atoms with E-state index in [0.717, 1.165) is 37.7 Å². The van der Waals surface area contributed by atoms with E-state index in [0.29, 0.717) is 16.4 Å². The van der Waals surface area contributed by atoms with Gasteiger partial charge in [0.25, 0.3) is 11.8 Å². The summed E-state index contributed by atoms with van der Waals surface area (Å²) in [5.74, 6) is -1.04. The smallest absolute Gasteiger partial charge is 0.272 e. The van der Waals surface area contributed by atoms with Crippen molar-refractivity contribution in [1.29, 1.82) is 0 Å². The van der Waals surface area contributed by atoms with Crippen LogP contribution in [0.2, 0.25) is 0 Å². The Labute approximate surface area is 299 Å². The van der Waals surface area contributed by atoms with Gasteiger partial charge in [0.15, 0.2) is 5.13 Å². The van der Waals surface area contributed by atoms with E-state index in [4.69, 9.17) is 4.98 Å². The first-order valence-corrected chi connectivity index (χ1v) is 17.6. The highest BCUT2D eigenvalue weighted by molar-refractivity contribution is 8.00. The number of carbonyl (C=O) groups is 3. The van der Waals surface area contributed by atoms with E-state index in [-0.39, 0.29) is 17.5 Å². The van der Waals surface area contributed by atoms with Crippen molar-refractivity contribution in [2.24, 2.45) is 0 Å². The van der Waals surface area contributed by atoms with Crippen LogP contribution in [0.4, 0.5) is 10.8 Å². The van der Waals surface area contributed by atoms with Gasteiger partial charge in [-0.1, -0.05) is 109 Å². The average Bonchev–Trinajstić information content (AvgIpc) is 3.52. The second-order valence-electron chi connectivity index (χ2n) is 11.5. The van der Waals surface area contributed by atoms with Gasteiger partial charge in [-0.3, -0.25) is 14.4 Å². The maximum Gasteiger partial charge on any atom is 0.272 e. The predicted molar refractivity (Wildman–Crippen MR) is 204 cm³/mol. The van der Waals surface area contributed by atoms with Gasteiger partial charge in [-0.2, -0.15) is 0 Å². The summed E-state index contributed by atoms with van der Waals surface area (Å²) in [6.07, 6.45) is 1.65. The van der Waals surface area contributed by atoms with Crippen molar-refractivity contribution in [3.05, 3.63) is 172 Å². The molecule has 5 aromatic carbocycles. The molecule has 50 heavy (non-hydrogen) atoms. The molecule has 6 aromatic rings. The number of rotatable bonds is 11. The van der Waals surface area contributed by atoms with Crippen LogP contribution in [-0.2, 0) is 9.59 Å². The molecule has 3 amide bonds. The number of carbonyl (C=O) groups excluding carboxylic acids is 3. The fourth-order valence-corrected chi connectivity index (χ4v) is 6.97. The van der Waals surface area contributed by atoms with Crippen molar-refractivity contribution in [3.63, 3.8) is 0 Å². The van der Waals surface area contributed by atoms with Crippen LogP contribution in [0.15, 0.2) is 150 Å². The summed E-state index contributed by atoms with van der Waals surface area (Å²) >= 11 is 2.85. The van der Waals surface area contributed by atoms with E-state index in [9.17, 15) is 14.4 Å². The van der Waals surface area contributed by atoms with Gasteiger partial charge in [0.2, 0.25) is 5.91 Å². The molecule has 1 unspecified atom stereocenters. The van der Waals surface area contributed by atoms with E-state index < -0.39 is 11.2 Å². The molecule has 0 saturated carbocycles. The van der Waals surface area contributed by atoms with Gasteiger partial charge >= 0.3 is 0 Å². The van der Waals surface area contributed by atoms with E-state index in [1.807, 2.05) is 117 Å². The lowest BCUT2D eigenvalue weighted by atomic mass is 10.1. The number of aryl methyl sites for hydroxylation is 2. The Balaban J connectivity index is 1.18. The first-order valence-electron chi connectivity index (χ1n) is 15.9. The zero-order valence-corrected chi connectivity index (χ0v) is 29.1. The number of amides is 3. The monoisotopic (exact) mass is 694 g/mol. The third-order valence-electron chi connectivity index (χ3n) is 7.70. The maximum atomic E-state index is 13.8. The van der Waals surface area contributed by atoms with Crippen molar-refractivity contribution in [2.45, 2.75) is 24.0 Å². The fraction of sp³-hybridized carbons (Fsp3) is 0.0732. The second-order valence-corrected chi connectivity index (χ2v) is 13.8. The normalized spacial score (nSPS) is 11.8. The predicted octanol–water partition coefficient (Wildman–Crippen LogP) is 9.31. The largest absolute Gasteiger partial charge is 0.321 e. The fourth-order valence-electron chi connectivity index (χ4n) is 5.11. The van der Waals surface area contributed by atoms with Crippen LogP contribution >= 0.6 is 23.1 Å². The van der Waals surface area contributed by atoms with Crippen LogP contribution in [0.3, 0.4) is 0 Å². The molecule has 0 aliphatic rings. The Bertz CT molecular complexity index is 2110. The van der Waals surface area contributed by atoms with Crippen LogP contribution in [0.1, 0.15) is 37.2 Å². The lowest BCUT2D eigenvalue weighted by molar-refractivity contribution is -0.116. The van der Waals surface area contributed by atoms with Gasteiger partial charge in [-0.15, -0.1) is 23.1 Å². The number of nitrogens with one attached hydrogen (secondary N) is 3. The minimum Gasteiger partial charge on any atom is -0.321 e. The highest BCUT2D eigenvalue weighted by atomic mass is 32.2. The first-order chi connectivity index (χ1) is 24.3. The van der Waals surface area contributed by atoms with Crippen LogP contribution in [0, 0.1) is 13.8 Å². The summed E-state index contributed by atoms with van der Waals surface area (Å²) in [7, 11) is 0. The van der Waals surface area contributed by atoms with Gasteiger partial charge < -0.3 is 16.0 Å². The molecule has 248 valence electrons. The molecule has 3 N–H and O–H groups in total. The first kappa shape index (κ1) is 34.1. The Hall–Kier alpha value is -5.77. The Morgan fingerprint density at radius 3 is 2.00 bits per heavy atom. The number of hydrogen-bond donors (Lipinski definition) is 3. The summed E-state index contributed by atoms with van der Waals surface area (Å²) in [6, 6.07) is 43.2. The molecule has 0 aliphatic heterocycles. The molecule has 1 atom stereocenters. The molecular formula is C41H34N4O3S2. The van der Waals surface area contributed by atoms with E-state index in [1.165, 1.54) is 23.1 Å².